The number of ether oxygens (including phenoxy) is 1. The third-order valence-corrected chi connectivity index (χ3v) is 3.63. The zero-order valence-corrected chi connectivity index (χ0v) is 11.9. The first-order chi connectivity index (χ1) is 10.0. The molecule has 1 atom stereocenters. The SMILES string of the molecule is C#CCOC(CC#C)(CC#C)C(CO)(CO)C(O)CC#C. The minimum absolute atomic E-state index is 0.0400. The molecule has 112 valence electrons. The lowest BCUT2D eigenvalue weighted by molar-refractivity contribution is -0.199. The summed E-state index contributed by atoms with van der Waals surface area (Å²) in [6, 6.07) is 0. The van der Waals surface area contributed by atoms with Gasteiger partial charge in [-0.1, -0.05) is 5.92 Å². The number of aliphatic hydroxyl groups is 3. The smallest absolute Gasteiger partial charge is 0.108 e. The van der Waals surface area contributed by atoms with Gasteiger partial charge >= 0.3 is 0 Å². The standard InChI is InChI=1S/C17H20O4/c1-5-9-15(20)16(13-18,14-19)17(10-6-2,11-7-3)21-12-8-4/h1-4,15,18-20H,9-14H2. The Morgan fingerprint density at radius 2 is 1.43 bits per heavy atom. The summed E-state index contributed by atoms with van der Waals surface area (Å²) in [5.41, 5.74) is -2.89. The van der Waals surface area contributed by atoms with Crippen LogP contribution in [0.4, 0.5) is 0 Å². The summed E-state index contributed by atoms with van der Waals surface area (Å²) in [7, 11) is 0. The van der Waals surface area contributed by atoms with Crippen molar-refractivity contribution in [3.8, 4) is 49.4 Å². The van der Waals surface area contributed by atoms with Gasteiger partial charge in [0.1, 0.15) is 12.2 Å². The Morgan fingerprint density at radius 3 is 1.76 bits per heavy atom. The molecule has 0 rings (SSSR count). The predicted octanol–water partition coefficient (Wildman–Crippen LogP) is -0.223. The highest BCUT2D eigenvalue weighted by Gasteiger charge is 2.55. The Bertz CT molecular complexity index is 461. The van der Waals surface area contributed by atoms with Gasteiger partial charge in [-0.25, -0.2) is 0 Å². The lowest BCUT2D eigenvalue weighted by atomic mass is 9.65. The van der Waals surface area contributed by atoms with E-state index in [0.717, 1.165) is 0 Å². The van der Waals surface area contributed by atoms with Crippen LogP contribution in [0.5, 0.6) is 0 Å². The minimum Gasteiger partial charge on any atom is -0.395 e. The molecule has 0 heterocycles. The maximum absolute atomic E-state index is 10.3. The molecule has 0 fully saturated rings. The highest BCUT2D eigenvalue weighted by atomic mass is 16.5. The zero-order chi connectivity index (χ0) is 16.4. The van der Waals surface area contributed by atoms with Crippen LogP contribution < -0.4 is 0 Å². The van der Waals surface area contributed by atoms with E-state index in [4.69, 9.17) is 30.4 Å². The van der Waals surface area contributed by atoms with Gasteiger partial charge in [0, 0.05) is 19.3 Å². The Balaban J connectivity index is 6.00. The topological polar surface area (TPSA) is 69.9 Å². The van der Waals surface area contributed by atoms with E-state index in [1.165, 1.54) is 0 Å². The maximum atomic E-state index is 10.3. The first-order valence-electron chi connectivity index (χ1n) is 6.31. The summed E-state index contributed by atoms with van der Waals surface area (Å²) < 4.78 is 5.60. The van der Waals surface area contributed by atoms with E-state index in [1.807, 2.05) is 0 Å². The first-order valence-corrected chi connectivity index (χ1v) is 6.31. The molecule has 1 unspecified atom stereocenters. The molecule has 0 aliphatic rings. The number of terminal acetylenes is 4. The Labute approximate surface area is 126 Å². The Morgan fingerprint density at radius 1 is 0.905 bits per heavy atom. The second kappa shape index (κ2) is 9.10. The zero-order valence-electron chi connectivity index (χ0n) is 11.9. The number of hydrogen-bond donors (Lipinski definition) is 3. The molecule has 0 aliphatic carbocycles. The fraction of sp³-hybridized carbons (Fsp3) is 0.529. The molecule has 0 aromatic rings. The summed E-state index contributed by atoms with van der Waals surface area (Å²) in [6.07, 6.45) is 19.7. The molecule has 0 saturated heterocycles. The average Bonchev–Trinajstić information content (AvgIpc) is 2.47. The van der Waals surface area contributed by atoms with Gasteiger partial charge in [-0.3, -0.25) is 0 Å². The molecule has 0 aliphatic heterocycles. The third kappa shape index (κ3) is 3.80. The summed E-state index contributed by atoms with van der Waals surface area (Å²) in [5, 5.41) is 29.9. The van der Waals surface area contributed by atoms with E-state index in [0.29, 0.717) is 0 Å². The summed E-state index contributed by atoms with van der Waals surface area (Å²) in [5.74, 6) is 9.37. The van der Waals surface area contributed by atoms with Crippen molar-refractivity contribution in [2.24, 2.45) is 5.41 Å². The molecule has 3 N–H and O–H groups in total. The quantitative estimate of drug-likeness (QED) is 0.513. The highest BCUT2D eigenvalue weighted by molar-refractivity contribution is 5.15. The molecule has 0 aromatic carbocycles. The lowest BCUT2D eigenvalue weighted by Gasteiger charge is -2.49. The largest absolute Gasteiger partial charge is 0.395 e. The summed E-state index contributed by atoms with van der Waals surface area (Å²) >= 11 is 0. The number of hydrogen-bond acceptors (Lipinski definition) is 4. The second-order valence-electron chi connectivity index (χ2n) is 4.65. The van der Waals surface area contributed by atoms with Crippen molar-refractivity contribution >= 4 is 0 Å². The van der Waals surface area contributed by atoms with Crippen molar-refractivity contribution in [3.05, 3.63) is 0 Å². The van der Waals surface area contributed by atoms with Gasteiger partial charge in [-0.2, -0.15) is 0 Å². The van der Waals surface area contributed by atoms with Crippen molar-refractivity contribution in [2.45, 2.75) is 31.0 Å². The molecule has 4 nitrogen and oxygen atoms in total. The fourth-order valence-corrected chi connectivity index (χ4v) is 2.33. The van der Waals surface area contributed by atoms with E-state index >= 15 is 0 Å². The number of aliphatic hydroxyl groups excluding tert-OH is 3. The fourth-order valence-electron chi connectivity index (χ4n) is 2.33. The van der Waals surface area contributed by atoms with E-state index < -0.39 is 30.3 Å². The van der Waals surface area contributed by atoms with Crippen LogP contribution in [0.2, 0.25) is 0 Å². The van der Waals surface area contributed by atoms with Crippen LogP contribution in [0, 0.1) is 54.8 Å². The van der Waals surface area contributed by atoms with Crippen LogP contribution >= 0.6 is 0 Å². The van der Waals surface area contributed by atoms with E-state index in [2.05, 4.69) is 23.7 Å². The van der Waals surface area contributed by atoms with Gasteiger partial charge < -0.3 is 20.1 Å². The molecular formula is C17H20O4. The van der Waals surface area contributed by atoms with Crippen LogP contribution in [0.1, 0.15) is 19.3 Å². The lowest BCUT2D eigenvalue weighted by Crippen LogP contribution is -2.61. The van der Waals surface area contributed by atoms with Gasteiger partial charge in [0.2, 0.25) is 0 Å². The van der Waals surface area contributed by atoms with Crippen LogP contribution in [-0.2, 0) is 4.74 Å². The predicted molar refractivity (Wildman–Crippen MR) is 80.5 cm³/mol. The normalized spacial score (nSPS) is 12.5. The molecular weight excluding hydrogens is 268 g/mol. The van der Waals surface area contributed by atoms with Crippen LogP contribution in [0.25, 0.3) is 0 Å². The van der Waals surface area contributed by atoms with Gasteiger partial charge in [-0.05, 0) is 0 Å². The molecule has 0 saturated carbocycles. The van der Waals surface area contributed by atoms with Crippen LogP contribution in [0.15, 0.2) is 0 Å². The first kappa shape index (κ1) is 19.1. The molecule has 0 aromatic heterocycles. The van der Waals surface area contributed by atoms with Gasteiger partial charge in [0.05, 0.1) is 24.7 Å². The Hall–Kier alpha value is -1.92. The molecule has 21 heavy (non-hydrogen) atoms. The molecule has 0 radical (unpaired) electrons. The highest BCUT2D eigenvalue weighted by Crippen LogP contribution is 2.43. The van der Waals surface area contributed by atoms with E-state index in [1.54, 1.807) is 0 Å². The van der Waals surface area contributed by atoms with E-state index in [-0.39, 0.29) is 25.9 Å². The van der Waals surface area contributed by atoms with Crippen molar-refractivity contribution in [2.75, 3.05) is 19.8 Å². The average molecular weight is 288 g/mol. The van der Waals surface area contributed by atoms with Crippen LogP contribution in [-0.4, -0.2) is 46.8 Å². The van der Waals surface area contributed by atoms with Gasteiger partial charge in [0.25, 0.3) is 0 Å². The van der Waals surface area contributed by atoms with Gasteiger partial charge in [-0.15, -0.1) is 43.5 Å². The summed E-state index contributed by atoms with van der Waals surface area (Å²) in [4.78, 5) is 0. The van der Waals surface area contributed by atoms with Crippen molar-refractivity contribution in [3.63, 3.8) is 0 Å². The molecule has 0 amide bonds. The molecule has 4 heteroatoms. The van der Waals surface area contributed by atoms with Crippen LogP contribution in [0.3, 0.4) is 0 Å². The Kier molecular flexibility index (Phi) is 8.26. The maximum Gasteiger partial charge on any atom is 0.108 e. The van der Waals surface area contributed by atoms with Crippen molar-refractivity contribution in [1.82, 2.24) is 0 Å². The van der Waals surface area contributed by atoms with Crippen molar-refractivity contribution < 1.29 is 20.1 Å². The third-order valence-electron chi connectivity index (χ3n) is 3.63. The van der Waals surface area contributed by atoms with Gasteiger partial charge in [0.15, 0.2) is 0 Å². The monoisotopic (exact) mass is 288 g/mol. The molecule has 0 spiro atoms. The molecule has 0 bridgehead atoms. The second-order valence-corrected chi connectivity index (χ2v) is 4.65. The minimum atomic E-state index is -1.52. The van der Waals surface area contributed by atoms with Crippen molar-refractivity contribution in [1.29, 1.82) is 0 Å². The number of rotatable bonds is 9. The summed E-state index contributed by atoms with van der Waals surface area (Å²) in [6.45, 7) is -1.35. The van der Waals surface area contributed by atoms with E-state index in [9.17, 15) is 15.3 Å².